The van der Waals surface area contributed by atoms with Gasteiger partial charge in [0.05, 0.1) is 11.5 Å². The second-order valence-corrected chi connectivity index (χ2v) is 3.81. The summed E-state index contributed by atoms with van der Waals surface area (Å²) in [6.45, 7) is 1.71. The molecule has 0 bridgehead atoms. The van der Waals surface area contributed by atoms with Crippen LogP contribution in [-0.2, 0) is 9.53 Å². The molecule has 0 saturated heterocycles. The Morgan fingerprint density at radius 2 is 2.21 bits per heavy atom. The third-order valence-electron chi connectivity index (χ3n) is 2.36. The molecule has 0 aliphatic heterocycles. The van der Waals surface area contributed by atoms with E-state index in [0.29, 0.717) is 11.3 Å². The first-order valence-corrected chi connectivity index (χ1v) is 5.26. The normalized spacial score (nSPS) is 11.3. The maximum atomic E-state index is 11.6. The van der Waals surface area contributed by atoms with Gasteiger partial charge in [0.2, 0.25) is 5.91 Å². The number of hydrogen-bond donors (Lipinski definition) is 2. The molecule has 0 aliphatic rings. The number of rotatable bonds is 5. The van der Waals surface area contributed by atoms with Crippen LogP contribution >= 0.6 is 12.4 Å². The van der Waals surface area contributed by atoms with E-state index in [1.54, 1.807) is 19.1 Å². The fraction of sp³-hybridized carbons (Fsp3) is 0.364. The monoisotopic (exact) mass is 289 g/mol. The average molecular weight is 290 g/mol. The molecule has 0 radical (unpaired) electrons. The minimum Gasteiger partial charge on any atom is -0.383 e. The summed E-state index contributed by atoms with van der Waals surface area (Å²) in [6.07, 6.45) is 0. The molecule has 106 valence electrons. The number of benzene rings is 1. The van der Waals surface area contributed by atoms with Crippen molar-refractivity contribution in [2.75, 3.05) is 19.0 Å². The van der Waals surface area contributed by atoms with Gasteiger partial charge in [-0.25, -0.2) is 0 Å². The van der Waals surface area contributed by atoms with Crippen molar-refractivity contribution in [1.82, 2.24) is 0 Å². The van der Waals surface area contributed by atoms with E-state index in [0.717, 1.165) is 0 Å². The summed E-state index contributed by atoms with van der Waals surface area (Å²) in [5.41, 5.74) is 6.35. The van der Waals surface area contributed by atoms with E-state index in [1.807, 2.05) is 0 Å². The number of methoxy groups -OCH3 is 1. The molecule has 1 unspecified atom stereocenters. The van der Waals surface area contributed by atoms with Gasteiger partial charge in [0.15, 0.2) is 0 Å². The Kier molecular flexibility index (Phi) is 6.99. The van der Waals surface area contributed by atoms with Gasteiger partial charge in [0.1, 0.15) is 6.04 Å². The second-order valence-electron chi connectivity index (χ2n) is 3.81. The highest BCUT2D eigenvalue weighted by molar-refractivity contribution is 5.95. The van der Waals surface area contributed by atoms with E-state index >= 15 is 0 Å². The van der Waals surface area contributed by atoms with Crippen LogP contribution in [-0.4, -0.2) is 30.6 Å². The number of carbonyl (C=O) groups is 1. The van der Waals surface area contributed by atoms with E-state index in [2.05, 4.69) is 5.32 Å². The van der Waals surface area contributed by atoms with Crippen molar-refractivity contribution in [3.8, 4) is 0 Å². The smallest absolute Gasteiger partial charge is 0.274 e. The number of nitro benzene ring substituents is 1. The third-order valence-corrected chi connectivity index (χ3v) is 2.36. The Hall–Kier alpha value is -1.70. The molecule has 1 atom stereocenters. The molecule has 3 N–H and O–H groups in total. The van der Waals surface area contributed by atoms with E-state index in [4.69, 9.17) is 10.5 Å². The van der Waals surface area contributed by atoms with Gasteiger partial charge in [0.25, 0.3) is 5.69 Å². The minimum atomic E-state index is -0.810. The second kappa shape index (κ2) is 7.67. The van der Waals surface area contributed by atoms with Crippen molar-refractivity contribution in [3.63, 3.8) is 0 Å². The van der Waals surface area contributed by atoms with E-state index in [1.165, 1.54) is 13.2 Å². The van der Waals surface area contributed by atoms with Gasteiger partial charge in [-0.05, 0) is 13.0 Å². The number of nitrogens with zero attached hydrogens (tertiary/aromatic N) is 1. The number of nitrogens with two attached hydrogens (primary N) is 1. The number of nitrogens with one attached hydrogen (secondary N) is 1. The van der Waals surface area contributed by atoms with E-state index in [-0.39, 0.29) is 24.7 Å². The van der Waals surface area contributed by atoms with Crippen LogP contribution in [0, 0.1) is 17.0 Å². The molecular formula is C11H16ClN3O4. The first kappa shape index (κ1) is 17.3. The van der Waals surface area contributed by atoms with Crippen LogP contribution in [0.3, 0.4) is 0 Å². The van der Waals surface area contributed by atoms with Crippen LogP contribution in [0.25, 0.3) is 0 Å². The van der Waals surface area contributed by atoms with Crippen molar-refractivity contribution in [2.24, 2.45) is 5.73 Å². The van der Waals surface area contributed by atoms with E-state index < -0.39 is 16.9 Å². The Morgan fingerprint density at radius 3 is 2.74 bits per heavy atom. The minimum absolute atomic E-state index is 0. The van der Waals surface area contributed by atoms with Gasteiger partial charge in [-0.2, -0.15) is 0 Å². The third kappa shape index (κ3) is 4.82. The largest absolute Gasteiger partial charge is 0.383 e. The van der Waals surface area contributed by atoms with Crippen molar-refractivity contribution >= 4 is 29.7 Å². The average Bonchev–Trinajstić information content (AvgIpc) is 2.31. The number of nitro groups is 1. The zero-order chi connectivity index (χ0) is 13.7. The van der Waals surface area contributed by atoms with Crippen molar-refractivity contribution < 1.29 is 14.5 Å². The van der Waals surface area contributed by atoms with Crippen LogP contribution in [0.15, 0.2) is 18.2 Å². The predicted octanol–water partition coefficient (Wildman–Crippen LogP) is 1.24. The molecular weight excluding hydrogens is 274 g/mol. The van der Waals surface area contributed by atoms with Gasteiger partial charge in [0, 0.05) is 24.4 Å². The lowest BCUT2D eigenvalue weighted by Gasteiger charge is -2.11. The molecule has 1 rings (SSSR count). The molecule has 1 aromatic rings. The van der Waals surface area contributed by atoms with E-state index in [9.17, 15) is 14.9 Å². The molecule has 0 fully saturated rings. The molecule has 0 spiro atoms. The Morgan fingerprint density at radius 1 is 1.58 bits per heavy atom. The highest BCUT2D eigenvalue weighted by Crippen LogP contribution is 2.22. The number of halogens is 1. The Balaban J connectivity index is 0.00000324. The number of ether oxygens (including phenoxy) is 1. The van der Waals surface area contributed by atoms with Gasteiger partial charge in [-0.1, -0.05) is 6.07 Å². The summed E-state index contributed by atoms with van der Waals surface area (Å²) in [5, 5.41) is 13.2. The summed E-state index contributed by atoms with van der Waals surface area (Å²) < 4.78 is 4.75. The Bertz CT molecular complexity index is 467. The number of aryl methyl sites for hydroxylation is 1. The first-order valence-electron chi connectivity index (χ1n) is 5.26. The predicted molar refractivity (Wildman–Crippen MR) is 73.6 cm³/mol. The van der Waals surface area contributed by atoms with Gasteiger partial charge < -0.3 is 15.8 Å². The molecule has 0 heterocycles. The summed E-state index contributed by atoms with van der Waals surface area (Å²) in [5.74, 6) is -0.449. The molecule has 0 aromatic heterocycles. The maximum absolute atomic E-state index is 11.6. The number of amides is 1. The zero-order valence-electron chi connectivity index (χ0n) is 10.6. The standard InChI is InChI=1S/C11H15N3O4.ClH/c1-7-3-4-8(5-10(7)14(16)17)13-11(15)9(12)6-18-2;/h3-5,9H,6,12H2,1-2H3,(H,13,15);1H. The topological polar surface area (TPSA) is 107 Å². The van der Waals surface area contributed by atoms with Crippen LogP contribution < -0.4 is 11.1 Å². The highest BCUT2D eigenvalue weighted by Gasteiger charge is 2.16. The lowest BCUT2D eigenvalue weighted by Crippen LogP contribution is -2.39. The fourth-order valence-corrected chi connectivity index (χ4v) is 1.37. The summed E-state index contributed by atoms with van der Waals surface area (Å²) >= 11 is 0. The fourth-order valence-electron chi connectivity index (χ4n) is 1.37. The highest BCUT2D eigenvalue weighted by atomic mass is 35.5. The Labute approximate surface area is 116 Å². The molecule has 0 saturated carbocycles. The summed E-state index contributed by atoms with van der Waals surface area (Å²) in [4.78, 5) is 21.8. The summed E-state index contributed by atoms with van der Waals surface area (Å²) in [7, 11) is 1.43. The van der Waals surface area contributed by atoms with Crippen LogP contribution in [0.1, 0.15) is 5.56 Å². The van der Waals surface area contributed by atoms with Gasteiger partial charge in [-0.3, -0.25) is 14.9 Å². The SMILES string of the molecule is COCC(N)C(=O)Nc1ccc(C)c([N+](=O)[O-])c1.Cl. The number of anilines is 1. The molecule has 8 heteroatoms. The lowest BCUT2D eigenvalue weighted by atomic mass is 10.2. The lowest BCUT2D eigenvalue weighted by molar-refractivity contribution is -0.385. The molecule has 7 nitrogen and oxygen atoms in total. The number of hydrogen-bond acceptors (Lipinski definition) is 5. The van der Waals surface area contributed by atoms with Crippen molar-refractivity contribution in [3.05, 3.63) is 33.9 Å². The van der Waals surface area contributed by atoms with Crippen molar-refractivity contribution in [1.29, 1.82) is 0 Å². The van der Waals surface area contributed by atoms with Crippen molar-refractivity contribution in [2.45, 2.75) is 13.0 Å². The summed E-state index contributed by atoms with van der Waals surface area (Å²) in [6, 6.07) is 3.64. The molecule has 1 amide bonds. The molecule has 1 aromatic carbocycles. The van der Waals surface area contributed by atoms with Crippen LogP contribution in [0.2, 0.25) is 0 Å². The van der Waals surface area contributed by atoms with Crippen LogP contribution in [0.4, 0.5) is 11.4 Å². The van der Waals surface area contributed by atoms with Gasteiger partial charge >= 0.3 is 0 Å². The maximum Gasteiger partial charge on any atom is 0.274 e. The molecule has 19 heavy (non-hydrogen) atoms. The quantitative estimate of drug-likeness (QED) is 0.626. The van der Waals surface area contributed by atoms with Crippen LogP contribution in [0.5, 0.6) is 0 Å². The zero-order valence-corrected chi connectivity index (χ0v) is 11.4. The van der Waals surface area contributed by atoms with Gasteiger partial charge in [-0.15, -0.1) is 12.4 Å². The number of carbonyl (C=O) groups excluding carboxylic acids is 1. The molecule has 0 aliphatic carbocycles. The first-order chi connectivity index (χ1) is 8.45.